The predicted molar refractivity (Wildman–Crippen MR) is 95.6 cm³/mol. The zero-order chi connectivity index (χ0) is 18.4. The van der Waals surface area contributed by atoms with Crippen LogP contribution >= 0.6 is 11.8 Å². The minimum absolute atomic E-state index is 0.0803. The van der Waals surface area contributed by atoms with Crippen molar-refractivity contribution >= 4 is 33.2 Å². The number of thioether (sulfide) groups is 1. The predicted octanol–water partition coefficient (Wildman–Crippen LogP) is 3.86. The highest BCUT2D eigenvalue weighted by atomic mass is 32.2. The minimum atomic E-state index is -4.78. The molecule has 2 rings (SSSR count). The number of hydrogen-bond acceptors (Lipinski definition) is 4. The van der Waals surface area contributed by atoms with Gasteiger partial charge >= 0.3 is 5.76 Å². The van der Waals surface area contributed by atoms with Gasteiger partial charge < -0.3 is 5.32 Å². The Bertz CT molecular complexity index is 837. The van der Waals surface area contributed by atoms with Crippen LogP contribution in [-0.2, 0) is 20.4 Å². The number of halogens is 2. The standard InChI is InChI=1S/C17H17F2NO3S2/c1-12-6-8-13(9-7-12)10-24-11-16(21)20-14-4-2-3-5-15(14)25(22,23)17(18)19/h2-9,17H,10-11H2,1H3,(H,20,21). The number of carbonyl (C=O) groups excluding carboxylic acids is 1. The summed E-state index contributed by atoms with van der Waals surface area (Å²) >= 11 is 1.35. The quantitative estimate of drug-likeness (QED) is 0.786. The molecule has 25 heavy (non-hydrogen) atoms. The van der Waals surface area contributed by atoms with Gasteiger partial charge in [0.15, 0.2) is 0 Å². The number of carbonyl (C=O) groups is 1. The van der Waals surface area contributed by atoms with Crippen LogP contribution in [-0.4, -0.2) is 25.8 Å². The van der Waals surface area contributed by atoms with Crippen LogP contribution in [0.2, 0.25) is 0 Å². The smallest absolute Gasteiger partial charge is 0.324 e. The summed E-state index contributed by atoms with van der Waals surface area (Å²) in [4.78, 5) is 11.4. The van der Waals surface area contributed by atoms with Crippen molar-refractivity contribution in [3.05, 3.63) is 59.7 Å². The van der Waals surface area contributed by atoms with E-state index in [2.05, 4.69) is 5.32 Å². The van der Waals surface area contributed by atoms with Gasteiger partial charge in [0.2, 0.25) is 15.7 Å². The van der Waals surface area contributed by atoms with Gasteiger partial charge in [-0.15, -0.1) is 11.8 Å². The molecule has 0 aliphatic rings. The van der Waals surface area contributed by atoms with Crippen molar-refractivity contribution in [2.75, 3.05) is 11.1 Å². The first-order valence-electron chi connectivity index (χ1n) is 7.35. The molecule has 0 heterocycles. The maximum absolute atomic E-state index is 12.7. The summed E-state index contributed by atoms with van der Waals surface area (Å²) in [7, 11) is -4.78. The molecule has 1 N–H and O–H groups in total. The Hall–Kier alpha value is -1.93. The highest BCUT2D eigenvalue weighted by Crippen LogP contribution is 2.26. The normalized spacial score (nSPS) is 11.5. The maximum Gasteiger partial charge on any atom is 0.341 e. The Morgan fingerprint density at radius 3 is 2.40 bits per heavy atom. The van der Waals surface area contributed by atoms with Crippen LogP contribution in [0.15, 0.2) is 53.4 Å². The van der Waals surface area contributed by atoms with Crippen molar-refractivity contribution in [1.82, 2.24) is 0 Å². The lowest BCUT2D eigenvalue weighted by molar-refractivity contribution is -0.113. The molecule has 0 aliphatic carbocycles. The number of aryl methyl sites for hydroxylation is 1. The summed E-state index contributed by atoms with van der Waals surface area (Å²) in [6, 6.07) is 13.0. The van der Waals surface area contributed by atoms with E-state index in [1.54, 1.807) is 0 Å². The van der Waals surface area contributed by atoms with Crippen molar-refractivity contribution in [2.24, 2.45) is 0 Å². The molecular weight excluding hydrogens is 368 g/mol. The molecule has 134 valence electrons. The van der Waals surface area contributed by atoms with Gasteiger partial charge in [-0.2, -0.15) is 8.78 Å². The molecular formula is C17H17F2NO3S2. The molecule has 2 aromatic carbocycles. The van der Waals surface area contributed by atoms with E-state index >= 15 is 0 Å². The van der Waals surface area contributed by atoms with Gasteiger partial charge in [-0.25, -0.2) is 8.42 Å². The van der Waals surface area contributed by atoms with Gasteiger partial charge in [0.25, 0.3) is 0 Å². The Kier molecular flexibility index (Phi) is 6.55. The lowest BCUT2D eigenvalue weighted by Crippen LogP contribution is -2.19. The van der Waals surface area contributed by atoms with Crippen molar-refractivity contribution in [1.29, 1.82) is 0 Å². The van der Waals surface area contributed by atoms with Crippen molar-refractivity contribution in [2.45, 2.75) is 23.3 Å². The van der Waals surface area contributed by atoms with Crippen molar-refractivity contribution in [3.8, 4) is 0 Å². The number of para-hydroxylation sites is 1. The Labute approximate surface area is 149 Å². The first-order valence-corrected chi connectivity index (χ1v) is 10.0. The number of benzene rings is 2. The monoisotopic (exact) mass is 385 g/mol. The molecule has 0 bridgehead atoms. The van der Waals surface area contributed by atoms with E-state index in [0.717, 1.165) is 17.2 Å². The number of hydrogen-bond donors (Lipinski definition) is 1. The van der Waals surface area contributed by atoms with Crippen LogP contribution in [0.25, 0.3) is 0 Å². The number of anilines is 1. The van der Waals surface area contributed by atoms with E-state index < -0.39 is 26.4 Å². The van der Waals surface area contributed by atoms with Gasteiger partial charge in [-0.05, 0) is 24.6 Å². The second-order valence-electron chi connectivity index (χ2n) is 5.33. The molecule has 8 heteroatoms. The topological polar surface area (TPSA) is 63.2 Å². The third-order valence-corrected chi connectivity index (χ3v) is 5.77. The summed E-state index contributed by atoms with van der Waals surface area (Å²) in [6.07, 6.45) is 0. The molecule has 4 nitrogen and oxygen atoms in total. The molecule has 2 aromatic rings. The van der Waals surface area contributed by atoms with E-state index in [1.807, 2.05) is 31.2 Å². The van der Waals surface area contributed by atoms with E-state index in [0.29, 0.717) is 5.75 Å². The molecule has 0 aliphatic heterocycles. The number of alkyl halides is 2. The van der Waals surface area contributed by atoms with Crippen LogP contribution in [0.3, 0.4) is 0 Å². The molecule has 0 spiro atoms. The lowest BCUT2D eigenvalue weighted by atomic mass is 10.2. The van der Waals surface area contributed by atoms with Gasteiger partial charge in [-0.3, -0.25) is 4.79 Å². The Morgan fingerprint density at radius 2 is 1.76 bits per heavy atom. The van der Waals surface area contributed by atoms with Crippen LogP contribution in [0.1, 0.15) is 11.1 Å². The molecule has 0 fully saturated rings. The fourth-order valence-corrected chi connectivity index (χ4v) is 3.72. The average molecular weight is 385 g/mol. The molecule has 0 aromatic heterocycles. The largest absolute Gasteiger partial charge is 0.341 e. The van der Waals surface area contributed by atoms with Gasteiger partial charge in [0.1, 0.15) is 0 Å². The van der Waals surface area contributed by atoms with E-state index in [4.69, 9.17) is 0 Å². The van der Waals surface area contributed by atoms with E-state index in [1.165, 1.54) is 30.0 Å². The van der Waals surface area contributed by atoms with Gasteiger partial charge in [-0.1, -0.05) is 42.0 Å². The third kappa shape index (κ3) is 5.27. The zero-order valence-electron chi connectivity index (χ0n) is 13.4. The van der Waals surface area contributed by atoms with Crippen LogP contribution in [0.4, 0.5) is 14.5 Å². The SMILES string of the molecule is Cc1ccc(CSCC(=O)Nc2ccccc2S(=O)(=O)C(F)F)cc1. The van der Waals surface area contributed by atoms with Crippen LogP contribution in [0.5, 0.6) is 0 Å². The first-order chi connectivity index (χ1) is 11.8. The number of nitrogens with one attached hydrogen (secondary N) is 1. The zero-order valence-corrected chi connectivity index (χ0v) is 15.0. The fraction of sp³-hybridized carbons (Fsp3) is 0.235. The molecule has 0 atom stereocenters. The Balaban J connectivity index is 1.98. The number of rotatable bonds is 7. The minimum Gasteiger partial charge on any atom is -0.324 e. The van der Waals surface area contributed by atoms with Gasteiger partial charge in [0, 0.05) is 5.75 Å². The lowest BCUT2D eigenvalue weighted by Gasteiger charge is -2.11. The molecule has 0 saturated carbocycles. The van der Waals surface area contributed by atoms with Crippen LogP contribution in [0, 0.1) is 6.92 Å². The molecule has 0 saturated heterocycles. The summed E-state index contributed by atoms with van der Waals surface area (Å²) in [5.41, 5.74) is 2.07. The third-order valence-electron chi connectivity index (χ3n) is 3.32. The van der Waals surface area contributed by atoms with Crippen LogP contribution < -0.4 is 5.32 Å². The second-order valence-corrected chi connectivity index (χ2v) is 8.20. The van der Waals surface area contributed by atoms with Crippen molar-refractivity contribution in [3.63, 3.8) is 0 Å². The highest BCUT2D eigenvalue weighted by molar-refractivity contribution is 7.99. The fourth-order valence-electron chi connectivity index (χ4n) is 2.05. The average Bonchev–Trinajstić information content (AvgIpc) is 2.57. The first kappa shape index (κ1) is 19.4. The van der Waals surface area contributed by atoms with E-state index in [9.17, 15) is 22.0 Å². The summed E-state index contributed by atoms with van der Waals surface area (Å²) < 4.78 is 48.8. The number of sulfone groups is 1. The Morgan fingerprint density at radius 1 is 1.12 bits per heavy atom. The molecule has 1 amide bonds. The number of amides is 1. The molecule has 0 unspecified atom stereocenters. The highest BCUT2D eigenvalue weighted by Gasteiger charge is 2.29. The summed E-state index contributed by atoms with van der Waals surface area (Å²) in [6.45, 7) is 1.98. The molecule has 0 radical (unpaired) electrons. The summed E-state index contributed by atoms with van der Waals surface area (Å²) in [5.74, 6) is -3.29. The second kappa shape index (κ2) is 8.44. The van der Waals surface area contributed by atoms with E-state index in [-0.39, 0.29) is 11.4 Å². The maximum atomic E-state index is 12.7. The van der Waals surface area contributed by atoms with Gasteiger partial charge in [0.05, 0.1) is 16.3 Å². The van der Waals surface area contributed by atoms with Crippen molar-refractivity contribution < 1.29 is 22.0 Å². The summed E-state index contributed by atoms with van der Waals surface area (Å²) in [5, 5.41) is 2.39.